The van der Waals surface area contributed by atoms with Crippen LogP contribution in [0.1, 0.15) is 45.1 Å². The molecule has 1 aromatic carbocycles. The number of ether oxygens (including phenoxy) is 1. The van der Waals surface area contributed by atoms with Gasteiger partial charge in [-0.1, -0.05) is 12.1 Å². The molecule has 4 nitrogen and oxygen atoms in total. The number of hydrogen-bond acceptors (Lipinski definition) is 3. The Morgan fingerprint density at radius 1 is 1.19 bits per heavy atom. The third-order valence-electron chi connectivity index (χ3n) is 5.72. The fourth-order valence-corrected chi connectivity index (χ4v) is 5.16. The number of hydrogen-bond donors (Lipinski definition) is 2. The van der Waals surface area contributed by atoms with Gasteiger partial charge in [0.15, 0.2) is 5.96 Å². The molecule has 1 unspecified atom stereocenters. The number of nitrogens with zero attached hydrogens (tertiary/aromatic N) is 1. The van der Waals surface area contributed by atoms with E-state index < -0.39 is 0 Å². The summed E-state index contributed by atoms with van der Waals surface area (Å²) in [6.45, 7) is 8.33. The highest BCUT2D eigenvalue weighted by molar-refractivity contribution is 8.00. The second kappa shape index (κ2) is 9.28. The van der Waals surface area contributed by atoms with E-state index >= 15 is 0 Å². The number of rotatable bonds is 6. The minimum Gasteiger partial charge on any atom is -0.381 e. The molecule has 150 valence electrons. The number of nitrogens with one attached hydrogen (secondary N) is 2. The van der Waals surface area contributed by atoms with Gasteiger partial charge in [0.05, 0.1) is 6.54 Å². The third-order valence-corrected chi connectivity index (χ3v) is 7.24. The smallest absolute Gasteiger partial charge is 0.191 e. The van der Waals surface area contributed by atoms with E-state index in [1.807, 2.05) is 23.9 Å². The Labute approximate surface area is 166 Å². The van der Waals surface area contributed by atoms with Gasteiger partial charge in [-0.15, -0.1) is 0 Å². The quantitative estimate of drug-likeness (QED) is 0.571. The first-order valence-electron chi connectivity index (χ1n) is 10.1. The zero-order chi connectivity index (χ0) is 19.2. The predicted octanol–water partition coefficient (Wildman–Crippen LogP) is 3.71. The largest absolute Gasteiger partial charge is 0.381 e. The first kappa shape index (κ1) is 20.5. The summed E-state index contributed by atoms with van der Waals surface area (Å²) >= 11 is 2.03. The fraction of sp³-hybridized carbons (Fsp3) is 0.667. The van der Waals surface area contributed by atoms with Crippen molar-refractivity contribution in [2.24, 2.45) is 4.99 Å². The van der Waals surface area contributed by atoms with Crippen molar-refractivity contribution in [3.05, 3.63) is 35.6 Å². The van der Waals surface area contributed by atoms with Crippen LogP contribution in [-0.4, -0.2) is 49.3 Å². The molecule has 3 rings (SSSR count). The SMILES string of the molecule is CCNC(=NCC1(C)CCCS1)NCC1(c2ccc(F)cc2)CCOCC1. The maximum atomic E-state index is 13.4. The van der Waals surface area contributed by atoms with Crippen LogP contribution in [0.25, 0.3) is 0 Å². The summed E-state index contributed by atoms with van der Waals surface area (Å²) in [4.78, 5) is 4.87. The van der Waals surface area contributed by atoms with Gasteiger partial charge in [-0.05, 0) is 63.0 Å². The van der Waals surface area contributed by atoms with Gasteiger partial charge in [0.25, 0.3) is 0 Å². The van der Waals surface area contributed by atoms with Crippen LogP contribution in [0.2, 0.25) is 0 Å². The average molecular weight is 394 g/mol. The predicted molar refractivity (Wildman–Crippen MR) is 112 cm³/mol. The van der Waals surface area contributed by atoms with Crippen LogP contribution in [0, 0.1) is 5.82 Å². The van der Waals surface area contributed by atoms with E-state index in [1.165, 1.54) is 24.2 Å². The summed E-state index contributed by atoms with van der Waals surface area (Å²) < 4.78 is 19.3. The Balaban J connectivity index is 1.71. The number of guanidine groups is 1. The van der Waals surface area contributed by atoms with Gasteiger partial charge in [-0.2, -0.15) is 11.8 Å². The van der Waals surface area contributed by atoms with E-state index in [0.717, 1.165) is 51.6 Å². The highest BCUT2D eigenvalue weighted by atomic mass is 32.2. The number of aliphatic imine (C=N–C) groups is 1. The third kappa shape index (κ3) is 5.38. The van der Waals surface area contributed by atoms with E-state index in [0.29, 0.717) is 0 Å². The lowest BCUT2D eigenvalue weighted by Crippen LogP contribution is -2.48. The van der Waals surface area contributed by atoms with Crippen LogP contribution in [0.4, 0.5) is 4.39 Å². The van der Waals surface area contributed by atoms with Crippen molar-refractivity contribution in [3.8, 4) is 0 Å². The molecule has 0 aromatic heterocycles. The molecule has 6 heteroatoms. The van der Waals surface area contributed by atoms with Crippen LogP contribution in [-0.2, 0) is 10.2 Å². The van der Waals surface area contributed by atoms with Crippen molar-refractivity contribution in [2.75, 3.05) is 38.6 Å². The van der Waals surface area contributed by atoms with Crippen molar-refractivity contribution in [2.45, 2.75) is 49.7 Å². The molecule has 27 heavy (non-hydrogen) atoms. The molecule has 1 atom stereocenters. The molecule has 1 aromatic rings. The van der Waals surface area contributed by atoms with E-state index in [9.17, 15) is 4.39 Å². The molecular formula is C21H32FN3OS. The zero-order valence-electron chi connectivity index (χ0n) is 16.5. The van der Waals surface area contributed by atoms with Crippen LogP contribution in [0.15, 0.2) is 29.3 Å². The number of benzene rings is 1. The lowest BCUT2D eigenvalue weighted by atomic mass is 9.74. The lowest BCUT2D eigenvalue weighted by Gasteiger charge is -2.38. The molecular weight excluding hydrogens is 361 g/mol. The van der Waals surface area contributed by atoms with E-state index in [2.05, 4.69) is 24.5 Å². The molecule has 2 fully saturated rings. The number of thioether (sulfide) groups is 1. The Kier molecular flexibility index (Phi) is 7.04. The minimum atomic E-state index is -0.189. The summed E-state index contributed by atoms with van der Waals surface area (Å²) in [5.41, 5.74) is 1.13. The second-order valence-electron chi connectivity index (χ2n) is 7.85. The van der Waals surface area contributed by atoms with Crippen molar-refractivity contribution in [3.63, 3.8) is 0 Å². The maximum Gasteiger partial charge on any atom is 0.191 e. The fourth-order valence-electron chi connectivity index (χ4n) is 3.94. The Hall–Kier alpha value is -1.27. The van der Waals surface area contributed by atoms with Crippen molar-refractivity contribution in [1.82, 2.24) is 10.6 Å². The Morgan fingerprint density at radius 3 is 2.56 bits per heavy atom. The van der Waals surface area contributed by atoms with Gasteiger partial charge in [0, 0.05) is 36.5 Å². The number of halogens is 1. The van der Waals surface area contributed by atoms with Crippen molar-refractivity contribution < 1.29 is 9.13 Å². The standard InChI is InChI=1S/C21H32FN3OS/c1-3-23-19(24-15-20(2)9-4-14-27-20)25-16-21(10-12-26-13-11-21)17-5-7-18(22)8-6-17/h5-8H,3-4,9-16H2,1-2H3,(H2,23,24,25). The van der Waals surface area contributed by atoms with Crippen molar-refractivity contribution >= 4 is 17.7 Å². The topological polar surface area (TPSA) is 45.7 Å². The summed E-state index contributed by atoms with van der Waals surface area (Å²) in [5, 5.41) is 6.95. The van der Waals surface area contributed by atoms with E-state index in [-0.39, 0.29) is 16.0 Å². The zero-order valence-corrected chi connectivity index (χ0v) is 17.3. The van der Waals surface area contributed by atoms with Crippen LogP contribution in [0.3, 0.4) is 0 Å². The molecule has 2 saturated heterocycles. The summed E-state index contributed by atoms with van der Waals surface area (Å²) in [6, 6.07) is 6.96. The molecule has 0 bridgehead atoms. The lowest BCUT2D eigenvalue weighted by molar-refractivity contribution is 0.0513. The van der Waals surface area contributed by atoms with E-state index in [1.54, 1.807) is 12.1 Å². The van der Waals surface area contributed by atoms with Gasteiger partial charge in [-0.25, -0.2) is 4.39 Å². The van der Waals surface area contributed by atoms with Gasteiger partial charge in [0.1, 0.15) is 5.82 Å². The maximum absolute atomic E-state index is 13.4. The average Bonchev–Trinajstić information content (AvgIpc) is 3.12. The first-order valence-corrected chi connectivity index (χ1v) is 11.0. The highest BCUT2D eigenvalue weighted by Gasteiger charge is 2.35. The van der Waals surface area contributed by atoms with E-state index in [4.69, 9.17) is 9.73 Å². The van der Waals surface area contributed by atoms with Crippen molar-refractivity contribution in [1.29, 1.82) is 0 Å². The summed E-state index contributed by atoms with van der Waals surface area (Å²) in [6.07, 6.45) is 4.38. The molecule has 2 N–H and O–H groups in total. The molecule has 0 amide bonds. The van der Waals surface area contributed by atoms with Crippen LogP contribution >= 0.6 is 11.8 Å². The monoisotopic (exact) mass is 393 g/mol. The first-order chi connectivity index (χ1) is 13.1. The second-order valence-corrected chi connectivity index (χ2v) is 9.53. The van der Waals surface area contributed by atoms with Gasteiger partial charge < -0.3 is 15.4 Å². The molecule has 0 aliphatic carbocycles. The van der Waals surface area contributed by atoms with Crippen LogP contribution in [0.5, 0.6) is 0 Å². The molecule has 0 radical (unpaired) electrons. The van der Waals surface area contributed by atoms with Gasteiger partial charge >= 0.3 is 0 Å². The molecule has 2 aliphatic heterocycles. The summed E-state index contributed by atoms with van der Waals surface area (Å²) in [7, 11) is 0. The molecule has 0 saturated carbocycles. The Morgan fingerprint density at radius 2 is 1.93 bits per heavy atom. The summed E-state index contributed by atoms with van der Waals surface area (Å²) in [5.74, 6) is 1.93. The highest BCUT2D eigenvalue weighted by Crippen LogP contribution is 2.38. The normalized spacial score (nSPS) is 25.4. The van der Waals surface area contributed by atoms with Gasteiger partial charge in [-0.3, -0.25) is 4.99 Å². The minimum absolute atomic E-state index is 0.0475. The van der Waals surface area contributed by atoms with Crippen LogP contribution < -0.4 is 10.6 Å². The molecule has 2 aliphatic rings. The molecule has 0 spiro atoms. The van der Waals surface area contributed by atoms with Gasteiger partial charge in [0.2, 0.25) is 0 Å². The molecule has 2 heterocycles. The Bertz CT molecular complexity index is 623.